The van der Waals surface area contributed by atoms with Crippen molar-refractivity contribution >= 4 is 5.65 Å². The van der Waals surface area contributed by atoms with Crippen molar-refractivity contribution in [1.29, 1.82) is 0 Å². The van der Waals surface area contributed by atoms with Gasteiger partial charge in [-0.05, 0) is 45.6 Å². The summed E-state index contributed by atoms with van der Waals surface area (Å²) in [4.78, 5) is 16.7. The van der Waals surface area contributed by atoms with E-state index < -0.39 is 0 Å². The SMILES string of the molecule is Cc1nc2cc([C@@]34C[C@@H]3CCCN4)[nH]n2c(=O)c1C. The molecule has 0 aromatic carbocycles. The lowest BCUT2D eigenvalue weighted by atomic mass is 10.0. The second-order valence-electron chi connectivity index (χ2n) is 5.93. The Morgan fingerprint density at radius 2 is 2.32 bits per heavy atom. The van der Waals surface area contributed by atoms with Gasteiger partial charge in [-0.15, -0.1) is 0 Å². The van der Waals surface area contributed by atoms with Gasteiger partial charge in [0, 0.05) is 17.3 Å². The summed E-state index contributed by atoms with van der Waals surface area (Å²) in [6, 6.07) is 2.03. The van der Waals surface area contributed by atoms with E-state index in [2.05, 4.69) is 15.4 Å². The van der Waals surface area contributed by atoms with Gasteiger partial charge in [0.25, 0.3) is 5.56 Å². The van der Waals surface area contributed by atoms with Gasteiger partial charge in [-0.3, -0.25) is 9.89 Å². The summed E-state index contributed by atoms with van der Waals surface area (Å²) >= 11 is 0. The first kappa shape index (κ1) is 11.2. The summed E-state index contributed by atoms with van der Waals surface area (Å²) in [7, 11) is 0. The minimum atomic E-state index is 0.0122. The van der Waals surface area contributed by atoms with Crippen LogP contribution in [0.1, 0.15) is 36.2 Å². The highest BCUT2D eigenvalue weighted by molar-refractivity contribution is 5.45. The average molecular weight is 258 g/mol. The van der Waals surface area contributed by atoms with E-state index in [1.807, 2.05) is 19.9 Å². The number of piperidine rings is 1. The van der Waals surface area contributed by atoms with Gasteiger partial charge in [0.2, 0.25) is 0 Å². The quantitative estimate of drug-likeness (QED) is 0.809. The van der Waals surface area contributed by atoms with Crippen molar-refractivity contribution in [3.63, 3.8) is 0 Å². The number of hydrogen-bond donors (Lipinski definition) is 2. The first-order chi connectivity index (χ1) is 9.12. The van der Waals surface area contributed by atoms with Crippen molar-refractivity contribution in [2.75, 3.05) is 6.54 Å². The maximum Gasteiger partial charge on any atom is 0.275 e. The van der Waals surface area contributed by atoms with Gasteiger partial charge in [-0.1, -0.05) is 0 Å². The number of H-pyrrole nitrogens is 1. The molecule has 0 unspecified atom stereocenters. The van der Waals surface area contributed by atoms with Gasteiger partial charge < -0.3 is 5.32 Å². The largest absolute Gasteiger partial charge is 0.306 e. The van der Waals surface area contributed by atoms with Crippen LogP contribution in [-0.4, -0.2) is 21.1 Å². The molecular weight excluding hydrogens is 240 g/mol. The Bertz CT molecular complexity index is 729. The molecule has 1 aliphatic carbocycles. The minimum absolute atomic E-state index is 0.0122. The second-order valence-corrected chi connectivity index (χ2v) is 5.93. The standard InChI is InChI=1S/C14H18N4O/c1-8-9(2)16-12-6-11(17-18(12)13(8)19)14-7-10(14)4-3-5-15-14/h6,10,15,17H,3-5,7H2,1-2H3/t10-,14+/m0/s1. The van der Waals surface area contributed by atoms with Crippen LogP contribution in [0.25, 0.3) is 5.65 Å². The van der Waals surface area contributed by atoms with E-state index in [0.29, 0.717) is 11.5 Å². The van der Waals surface area contributed by atoms with E-state index >= 15 is 0 Å². The molecule has 3 heterocycles. The normalized spacial score (nSPS) is 29.5. The Morgan fingerprint density at radius 1 is 1.47 bits per heavy atom. The molecule has 2 fully saturated rings. The van der Waals surface area contributed by atoms with E-state index in [0.717, 1.165) is 23.6 Å². The van der Waals surface area contributed by atoms with Crippen LogP contribution in [0.5, 0.6) is 0 Å². The Morgan fingerprint density at radius 3 is 3.11 bits per heavy atom. The Kier molecular flexibility index (Phi) is 2.05. The van der Waals surface area contributed by atoms with Gasteiger partial charge in [0.05, 0.1) is 11.2 Å². The lowest BCUT2D eigenvalue weighted by Gasteiger charge is -2.22. The molecule has 5 heteroatoms. The van der Waals surface area contributed by atoms with E-state index in [4.69, 9.17) is 0 Å². The van der Waals surface area contributed by atoms with E-state index in [1.54, 1.807) is 4.52 Å². The predicted octanol–water partition coefficient (Wildman–Crippen LogP) is 1.24. The van der Waals surface area contributed by atoms with Gasteiger partial charge in [-0.2, -0.15) is 0 Å². The fourth-order valence-electron chi connectivity index (χ4n) is 3.43. The highest BCUT2D eigenvalue weighted by Crippen LogP contribution is 2.55. The zero-order valence-corrected chi connectivity index (χ0v) is 11.3. The number of rotatable bonds is 1. The van der Waals surface area contributed by atoms with Crippen molar-refractivity contribution < 1.29 is 0 Å². The van der Waals surface area contributed by atoms with Crippen LogP contribution in [0.2, 0.25) is 0 Å². The molecule has 100 valence electrons. The number of aryl methyl sites for hydroxylation is 1. The van der Waals surface area contributed by atoms with E-state index in [9.17, 15) is 4.79 Å². The number of fused-ring (bicyclic) bond motifs is 2. The second kappa shape index (κ2) is 3.48. The first-order valence-corrected chi connectivity index (χ1v) is 6.96. The molecule has 2 N–H and O–H groups in total. The molecule has 5 nitrogen and oxygen atoms in total. The number of aromatic amines is 1. The van der Waals surface area contributed by atoms with E-state index in [1.165, 1.54) is 19.3 Å². The van der Waals surface area contributed by atoms with Crippen molar-refractivity contribution in [3.8, 4) is 0 Å². The smallest absolute Gasteiger partial charge is 0.275 e. The molecule has 0 amide bonds. The van der Waals surface area contributed by atoms with Gasteiger partial charge >= 0.3 is 0 Å². The van der Waals surface area contributed by atoms with Crippen LogP contribution in [0, 0.1) is 19.8 Å². The number of hydrogen-bond acceptors (Lipinski definition) is 3. The number of nitrogens with zero attached hydrogens (tertiary/aromatic N) is 2. The average Bonchev–Trinajstić information content (AvgIpc) is 3.01. The third kappa shape index (κ3) is 1.39. The molecule has 2 atom stereocenters. The molecule has 1 saturated carbocycles. The third-order valence-electron chi connectivity index (χ3n) is 4.84. The molecule has 0 spiro atoms. The first-order valence-electron chi connectivity index (χ1n) is 6.96. The number of aromatic nitrogens is 3. The van der Waals surface area contributed by atoms with Gasteiger partial charge in [0.15, 0.2) is 5.65 Å². The van der Waals surface area contributed by atoms with Crippen LogP contribution < -0.4 is 10.9 Å². The summed E-state index contributed by atoms with van der Waals surface area (Å²) in [5.74, 6) is 0.715. The number of nitrogens with one attached hydrogen (secondary N) is 2. The van der Waals surface area contributed by atoms with Crippen LogP contribution in [0.15, 0.2) is 10.9 Å². The fraction of sp³-hybridized carbons (Fsp3) is 0.571. The monoisotopic (exact) mass is 258 g/mol. The molecular formula is C14H18N4O. The van der Waals surface area contributed by atoms with Crippen molar-refractivity contribution in [3.05, 3.63) is 33.4 Å². The summed E-state index contributed by atoms with van der Waals surface area (Å²) < 4.78 is 1.58. The molecule has 1 saturated heterocycles. The Hall–Kier alpha value is -1.62. The zero-order valence-electron chi connectivity index (χ0n) is 11.3. The highest BCUT2D eigenvalue weighted by Gasteiger charge is 2.57. The van der Waals surface area contributed by atoms with Gasteiger partial charge in [-0.25, -0.2) is 9.50 Å². The summed E-state index contributed by atoms with van der Waals surface area (Å²) in [6.45, 7) is 4.78. The zero-order chi connectivity index (χ0) is 13.2. The topological polar surface area (TPSA) is 62.2 Å². The Balaban J connectivity index is 1.90. The van der Waals surface area contributed by atoms with Crippen LogP contribution in [0.4, 0.5) is 0 Å². The lowest BCUT2D eigenvalue weighted by Crippen LogP contribution is -2.35. The molecule has 2 aromatic heterocycles. The van der Waals surface area contributed by atoms with Crippen LogP contribution >= 0.6 is 0 Å². The van der Waals surface area contributed by atoms with Crippen molar-refractivity contribution in [2.24, 2.45) is 5.92 Å². The third-order valence-corrected chi connectivity index (χ3v) is 4.84. The highest BCUT2D eigenvalue weighted by atomic mass is 16.1. The summed E-state index contributed by atoms with van der Waals surface area (Å²) in [5, 5.41) is 6.88. The molecule has 2 aliphatic rings. The van der Waals surface area contributed by atoms with Crippen molar-refractivity contribution in [2.45, 2.75) is 38.6 Å². The Labute approximate surface area is 111 Å². The molecule has 4 rings (SSSR count). The molecule has 19 heavy (non-hydrogen) atoms. The fourth-order valence-corrected chi connectivity index (χ4v) is 3.43. The molecule has 0 bridgehead atoms. The minimum Gasteiger partial charge on any atom is -0.306 e. The molecule has 0 radical (unpaired) electrons. The van der Waals surface area contributed by atoms with E-state index in [-0.39, 0.29) is 11.1 Å². The molecule has 2 aromatic rings. The van der Waals surface area contributed by atoms with Crippen LogP contribution in [0.3, 0.4) is 0 Å². The summed E-state index contributed by atoms with van der Waals surface area (Å²) in [6.07, 6.45) is 3.71. The summed E-state index contributed by atoms with van der Waals surface area (Å²) in [5.41, 5.74) is 3.48. The van der Waals surface area contributed by atoms with Crippen molar-refractivity contribution in [1.82, 2.24) is 19.9 Å². The lowest BCUT2D eigenvalue weighted by molar-refractivity contribution is 0.386. The van der Waals surface area contributed by atoms with Crippen LogP contribution in [-0.2, 0) is 5.54 Å². The molecule has 1 aliphatic heterocycles. The van der Waals surface area contributed by atoms with Gasteiger partial charge in [0.1, 0.15) is 0 Å². The maximum absolute atomic E-state index is 12.2. The maximum atomic E-state index is 12.2. The predicted molar refractivity (Wildman–Crippen MR) is 72.3 cm³/mol.